The summed E-state index contributed by atoms with van der Waals surface area (Å²) >= 11 is 0. The lowest BCUT2D eigenvalue weighted by Gasteiger charge is -2.27. The first kappa shape index (κ1) is 16.1. The van der Waals surface area contributed by atoms with Gasteiger partial charge in [-0.25, -0.2) is 9.37 Å². The average Bonchev–Trinajstić information content (AvgIpc) is 3.45. The van der Waals surface area contributed by atoms with Crippen molar-refractivity contribution >= 4 is 5.91 Å². The van der Waals surface area contributed by atoms with Crippen molar-refractivity contribution in [1.29, 1.82) is 0 Å². The highest BCUT2D eigenvalue weighted by atomic mass is 19.1. The van der Waals surface area contributed by atoms with Gasteiger partial charge in [-0.05, 0) is 61.3 Å². The van der Waals surface area contributed by atoms with Gasteiger partial charge in [-0.15, -0.1) is 0 Å². The number of halogens is 1. The molecule has 1 amide bonds. The monoisotopic (exact) mass is 340 g/mol. The molecule has 4 rings (SSSR count). The van der Waals surface area contributed by atoms with Crippen molar-refractivity contribution in [2.75, 3.05) is 0 Å². The predicted molar refractivity (Wildman–Crippen MR) is 93.0 cm³/mol. The molecular weight excluding hydrogens is 319 g/mol. The molecule has 130 valence electrons. The van der Waals surface area contributed by atoms with Gasteiger partial charge in [-0.1, -0.05) is 19.1 Å². The van der Waals surface area contributed by atoms with Crippen molar-refractivity contribution in [2.45, 2.75) is 45.1 Å². The van der Waals surface area contributed by atoms with Crippen molar-refractivity contribution in [1.82, 2.24) is 4.98 Å². The van der Waals surface area contributed by atoms with Crippen LogP contribution in [0.1, 0.15) is 47.8 Å². The van der Waals surface area contributed by atoms with E-state index in [1.54, 1.807) is 18.2 Å². The van der Waals surface area contributed by atoms with Crippen LogP contribution in [0.3, 0.4) is 0 Å². The maximum atomic E-state index is 14.7. The second-order valence-electron chi connectivity index (χ2n) is 6.90. The summed E-state index contributed by atoms with van der Waals surface area (Å²) in [7, 11) is 0. The van der Waals surface area contributed by atoms with Crippen LogP contribution in [0.4, 0.5) is 4.39 Å². The van der Waals surface area contributed by atoms with E-state index in [-0.39, 0.29) is 17.6 Å². The molecule has 2 aromatic rings. The van der Waals surface area contributed by atoms with E-state index >= 15 is 0 Å². The van der Waals surface area contributed by atoms with E-state index in [0.717, 1.165) is 30.4 Å². The Balaban J connectivity index is 1.82. The molecule has 5 heteroatoms. The molecule has 0 radical (unpaired) electrons. The Bertz CT molecular complexity index is 846. The fourth-order valence-electron chi connectivity index (χ4n) is 3.54. The minimum absolute atomic E-state index is 0.115. The molecule has 25 heavy (non-hydrogen) atoms. The number of hydrogen-bond acceptors (Lipinski definition) is 3. The summed E-state index contributed by atoms with van der Waals surface area (Å²) in [6.07, 6.45) is 4.93. The number of fused-ring (bicyclic) bond motifs is 1. The predicted octanol–water partition coefficient (Wildman–Crippen LogP) is 3.65. The highest BCUT2D eigenvalue weighted by molar-refractivity contribution is 5.93. The number of pyridine rings is 1. The number of nitrogens with zero attached hydrogens (tertiary/aromatic N) is 1. The summed E-state index contributed by atoms with van der Waals surface area (Å²) in [4.78, 5) is 16.0. The van der Waals surface area contributed by atoms with Crippen molar-refractivity contribution in [3.8, 4) is 17.0 Å². The number of primary amides is 1. The summed E-state index contributed by atoms with van der Waals surface area (Å²) in [6.45, 7) is 1.99. The third kappa shape index (κ3) is 2.99. The normalized spacial score (nSPS) is 19.2. The highest BCUT2D eigenvalue weighted by Gasteiger charge is 2.36. The number of aromatic nitrogens is 1. The van der Waals surface area contributed by atoms with E-state index in [1.807, 2.05) is 13.0 Å². The third-order valence-corrected chi connectivity index (χ3v) is 5.16. The molecular formula is C20H21FN2O2. The number of carbonyl (C=O) groups excluding carboxylic acids is 1. The molecule has 1 aromatic carbocycles. The minimum atomic E-state index is -0.633. The molecule has 2 N–H and O–H groups in total. The summed E-state index contributed by atoms with van der Waals surface area (Å²) in [6, 6.07) is 6.81. The molecule has 2 aliphatic rings. The van der Waals surface area contributed by atoms with E-state index in [2.05, 4.69) is 4.98 Å². The largest absolute Gasteiger partial charge is 0.474 e. The second-order valence-corrected chi connectivity index (χ2v) is 6.90. The van der Waals surface area contributed by atoms with Gasteiger partial charge in [0, 0.05) is 11.1 Å². The smallest absolute Gasteiger partial charge is 0.267 e. The molecule has 1 fully saturated rings. The maximum Gasteiger partial charge on any atom is 0.267 e. The summed E-state index contributed by atoms with van der Waals surface area (Å²) in [5.41, 5.74) is 8.47. The zero-order chi connectivity index (χ0) is 17.6. The van der Waals surface area contributed by atoms with Crippen molar-refractivity contribution in [3.63, 3.8) is 0 Å². The van der Waals surface area contributed by atoms with Gasteiger partial charge in [-0.2, -0.15) is 0 Å². The molecule has 0 bridgehead atoms. The first-order chi connectivity index (χ1) is 12.1. The van der Waals surface area contributed by atoms with Gasteiger partial charge >= 0.3 is 0 Å². The number of ether oxygens (including phenoxy) is 1. The molecule has 1 aliphatic carbocycles. The number of nitrogens with two attached hydrogens (primary N) is 1. The van der Waals surface area contributed by atoms with E-state index in [0.29, 0.717) is 22.9 Å². The van der Waals surface area contributed by atoms with Gasteiger partial charge < -0.3 is 10.5 Å². The van der Waals surface area contributed by atoms with E-state index < -0.39 is 5.91 Å². The molecule has 0 spiro atoms. The van der Waals surface area contributed by atoms with Crippen LogP contribution in [0.25, 0.3) is 11.1 Å². The van der Waals surface area contributed by atoms with Crippen LogP contribution in [-0.4, -0.2) is 17.0 Å². The van der Waals surface area contributed by atoms with Gasteiger partial charge in [0.05, 0.1) is 0 Å². The third-order valence-electron chi connectivity index (χ3n) is 5.16. The number of benzene rings is 1. The Kier molecular flexibility index (Phi) is 3.94. The first-order valence-corrected chi connectivity index (χ1v) is 8.86. The van der Waals surface area contributed by atoms with Crippen LogP contribution < -0.4 is 10.5 Å². The van der Waals surface area contributed by atoms with Gasteiger partial charge in [0.1, 0.15) is 17.6 Å². The highest BCUT2D eigenvalue weighted by Crippen LogP contribution is 2.42. The SMILES string of the molecule is CCc1ccc(-c2cc(C(N)=O)nc3c2CC[C@@H](C2CC2)O3)c(F)c1. The summed E-state index contributed by atoms with van der Waals surface area (Å²) < 4.78 is 20.7. The zero-order valence-corrected chi connectivity index (χ0v) is 14.2. The Morgan fingerprint density at radius 2 is 2.08 bits per heavy atom. The molecule has 2 heterocycles. The number of carbonyl (C=O) groups is 1. The van der Waals surface area contributed by atoms with E-state index in [1.165, 1.54) is 12.8 Å². The molecule has 0 unspecified atom stereocenters. The van der Waals surface area contributed by atoms with Crippen LogP contribution in [0.15, 0.2) is 24.3 Å². The Morgan fingerprint density at radius 1 is 1.28 bits per heavy atom. The first-order valence-electron chi connectivity index (χ1n) is 8.86. The lowest BCUT2D eigenvalue weighted by atomic mass is 9.92. The zero-order valence-electron chi connectivity index (χ0n) is 14.2. The van der Waals surface area contributed by atoms with Gasteiger partial charge in [0.2, 0.25) is 5.88 Å². The van der Waals surface area contributed by atoms with Gasteiger partial charge in [0.25, 0.3) is 5.91 Å². The fourth-order valence-corrected chi connectivity index (χ4v) is 3.54. The van der Waals surface area contributed by atoms with Crippen LogP contribution in [0.2, 0.25) is 0 Å². The fraction of sp³-hybridized carbons (Fsp3) is 0.400. The molecule has 4 nitrogen and oxygen atoms in total. The van der Waals surface area contributed by atoms with Crippen molar-refractivity contribution in [3.05, 3.63) is 46.9 Å². The second kappa shape index (κ2) is 6.14. The number of rotatable bonds is 4. The molecule has 1 aliphatic heterocycles. The lowest BCUT2D eigenvalue weighted by Crippen LogP contribution is -2.27. The van der Waals surface area contributed by atoms with Crippen LogP contribution in [0, 0.1) is 11.7 Å². The van der Waals surface area contributed by atoms with Crippen molar-refractivity contribution < 1.29 is 13.9 Å². The number of hydrogen-bond donors (Lipinski definition) is 1. The molecule has 0 saturated heterocycles. The van der Waals surface area contributed by atoms with Gasteiger partial charge in [0.15, 0.2) is 0 Å². The molecule has 1 saturated carbocycles. The topological polar surface area (TPSA) is 65.2 Å². The number of aryl methyl sites for hydroxylation is 1. The standard InChI is InChI=1S/C20H21FN2O2/c1-2-11-3-6-13(16(21)9-11)15-10-17(19(22)24)23-20-14(15)7-8-18(25-20)12-4-5-12/h3,6,9-10,12,18H,2,4-5,7-8H2,1H3,(H2,22,24)/t18-/m0/s1. The Morgan fingerprint density at radius 3 is 2.72 bits per heavy atom. The van der Waals surface area contributed by atoms with Crippen LogP contribution >= 0.6 is 0 Å². The average molecular weight is 340 g/mol. The van der Waals surface area contributed by atoms with Gasteiger partial charge in [-0.3, -0.25) is 4.79 Å². The quantitative estimate of drug-likeness (QED) is 0.924. The summed E-state index contributed by atoms with van der Waals surface area (Å²) in [5, 5.41) is 0. The van der Waals surface area contributed by atoms with Crippen molar-refractivity contribution in [2.24, 2.45) is 11.7 Å². The Hall–Kier alpha value is -2.43. The Labute approximate surface area is 146 Å². The van der Waals surface area contributed by atoms with Crippen LogP contribution in [0.5, 0.6) is 5.88 Å². The van der Waals surface area contributed by atoms with Crippen LogP contribution in [-0.2, 0) is 12.8 Å². The maximum absolute atomic E-state index is 14.7. The minimum Gasteiger partial charge on any atom is -0.474 e. The summed E-state index contributed by atoms with van der Waals surface area (Å²) in [5.74, 6) is 0.0869. The lowest BCUT2D eigenvalue weighted by molar-refractivity contribution is 0.0990. The number of amides is 1. The molecule has 1 aromatic heterocycles. The van der Waals surface area contributed by atoms with E-state index in [4.69, 9.17) is 10.5 Å². The molecule has 1 atom stereocenters. The van der Waals surface area contributed by atoms with E-state index in [9.17, 15) is 9.18 Å².